The SMILES string of the molecule is C=CC[C@H]1CC(C)=C[C@H](CC=C)N1C(=O)c1cc(Cc2ccc3c(c2)OCO3)no1. The van der Waals surface area contributed by atoms with Crippen molar-refractivity contribution in [3.8, 4) is 11.5 Å². The van der Waals surface area contributed by atoms with Gasteiger partial charge in [-0.25, -0.2) is 0 Å². The second kappa shape index (κ2) is 8.61. The molecule has 0 spiro atoms. The fourth-order valence-corrected chi connectivity index (χ4v) is 4.16. The van der Waals surface area contributed by atoms with Gasteiger partial charge in [-0.15, -0.1) is 13.2 Å². The lowest BCUT2D eigenvalue weighted by atomic mass is 9.92. The second-order valence-corrected chi connectivity index (χ2v) is 7.75. The molecule has 3 heterocycles. The second-order valence-electron chi connectivity index (χ2n) is 7.75. The minimum absolute atomic E-state index is 0.0453. The Balaban J connectivity index is 1.54. The standard InChI is InChI=1S/C24H26N2O4/c1-4-6-19-10-16(3)11-20(7-5-2)26(19)24(27)23-14-18(25-30-23)12-17-8-9-21-22(13-17)29-15-28-21/h4-5,8-10,13-14,19-20H,1-2,6-7,11-12,15H2,3H3/t19-,20-/m0/s1. The number of fused-ring (bicyclic) bond motifs is 1. The number of hydrogen-bond acceptors (Lipinski definition) is 5. The fraction of sp³-hybridized carbons (Fsp3) is 0.333. The zero-order valence-corrected chi connectivity index (χ0v) is 17.2. The van der Waals surface area contributed by atoms with Crippen molar-refractivity contribution in [2.24, 2.45) is 0 Å². The molecule has 6 heteroatoms. The molecule has 0 N–H and O–H groups in total. The van der Waals surface area contributed by atoms with Crippen LogP contribution in [0.1, 0.15) is 48.0 Å². The maximum atomic E-state index is 13.4. The van der Waals surface area contributed by atoms with E-state index in [0.717, 1.165) is 29.9 Å². The van der Waals surface area contributed by atoms with Gasteiger partial charge in [0.05, 0.1) is 11.7 Å². The first kappa shape index (κ1) is 20.0. The molecular weight excluding hydrogens is 380 g/mol. The Bertz CT molecular complexity index is 991. The summed E-state index contributed by atoms with van der Waals surface area (Å²) in [6, 6.07) is 7.50. The van der Waals surface area contributed by atoms with Gasteiger partial charge >= 0.3 is 0 Å². The van der Waals surface area contributed by atoms with E-state index in [2.05, 4.69) is 31.3 Å². The van der Waals surface area contributed by atoms with Crippen molar-refractivity contribution in [1.29, 1.82) is 0 Å². The lowest BCUT2D eigenvalue weighted by Gasteiger charge is -2.39. The van der Waals surface area contributed by atoms with Gasteiger partial charge in [0.25, 0.3) is 5.91 Å². The van der Waals surface area contributed by atoms with Crippen LogP contribution in [0.2, 0.25) is 0 Å². The van der Waals surface area contributed by atoms with Gasteiger partial charge in [0.2, 0.25) is 12.6 Å². The van der Waals surface area contributed by atoms with E-state index < -0.39 is 0 Å². The Kier molecular flexibility index (Phi) is 5.74. The molecule has 156 valence electrons. The van der Waals surface area contributed by atoms with Crippen molar-refractivity contribution >= 4 is 5.91 Å². The van der Waals surface area contributed by atoms with Crippen LogP contribution in [-0.4, -0.2) is 34.8 Å². The summed E-state index contributed by atoms with van der Waals surface area (Å²) in [5, 5.41) is 4.13. The fourth-order valence-electron chi connectivity index (χ4n) is 4.16. The van der Waals surface area contributed by atoms with Gasteiger partial charge in [-0.3, -0.25) is 4.79 Å². The normalized spacial score (nSPS) is 20.0. The van der Waals surface area contributed by atoms with E-state index in [1.54, 1.807) is 6.07 Å². The van der Waals surface area contributed by atoms with Gasteiger partial charge in [0.1, 0.15) is 0 Å². The van der Waals surface area contributed by atoms with Crippen molar-refractivity contribution in [2.75, 3.05) is 6.79 Å². The number of carbonyl (C=O) groups excluding carboxylic acids is 1. The van der Waals surface area contributed by atoms with Crippen LogP contribution < -0.4 is 9.47 Å². The zero-order valence-electron chi connectivity index (χ0n) is 17.2. The van der Waals surface area contributed by atoms with E-state index in [1.807, 2.05) is 35.3 Å². The molecule has 2 atom stereocenters. The smallest absolute Gasteiger partial charge is 0.293 e. The molecule has 0 saturated heterocycles. The van der Waals surface area contributed by atoms with E-state index in [0.29, 0.717) is 18.5 Å². The highest BCUT2D eigenvalue weighted by Gasteiger charge is 2.34. The summed E-state index contributed by atoms with van der Waals surface area (Å²) in [5.74, 6) is 1.57. The summed E-state index contributed by atoms with van der Waals surface area (Å²) in [6.07, 6.45) is 8.62. The molecule has 0 bridgehead atoms. The van der Waals surface area contributed by atoms with Crippen LogP contribution in [0.25, 0.3) is 0 Å². The van der Waals surface area contributed by atoms with Gasteiger partial charge in [-0.1, -0.05) is 35.0 Å². The van der Waals surface area contributed by atoms with E-state index in [4.69, 9.17) is 14.0 Å². The summed E-state index contributed by atoms with van der Waals surface area (Å²) in [5.41, 5.74) is 2.98. The van der Waals surface area contributed by atoms with Crippen molar-refractivity contribution in [3.05, 3.63) is 78.2 Å². The average Bonchev–Trinajstić information content (AvgIpc) is 3.37. The Morgan fingerprint density at radius 1 is 1.20 bits per heavy atom. The summed E-state index contributed by atoms with van der Waals surface area (Å²) in [6.45, 7) is 10.1. The van der Waals surface area contributed by atoms with Crippen molar-refractivity contribution in [1.82, 2.24) is 10.1 Å². The Morgan fingerprint density at radius 3 is 2.80 bits per heavy atom. The number of carbonyl (C=O) groups is 1. The van der Waals surface area contributed by atoms with Crippen molar-refractivity contribution in [3.63, 3.8) is 0 Å². The van der Waals surface area contributed by atoms with E-state index in [-0.39, 0.29) is 30.5 Å². The summed E-state index contributed by atoms with van der Waals surface area (Å²) in [7, 11) is 0. The molecule has 0 saturated carbocycles. The van der Waals surface area contributed by atoms with E-state index in [1.165, 1.54) is 5.57 Å². The molecule has 2 aromatic rings. The van der Waals surface area contributed by atoms with Gasteiger partial charge in [-0.2, -0.15) is 0 Å². The number of rotatable bonds is 7. The monoisotopic (exact) mass is 406 g/mol. The zero-order chi connectivity index (χ0) is 21.1. The molecule has 1 aromatic heterocycles. The molecule has 6 nitrogen and oxygen atoms in total. The predicted molar refractivity (Wildman–Crippen MR) is 114 cm³/mol. The third-order valence-corrected chi connectivity index (χ3v) is 5.46. The van der Waals surface area contributed by atoms with Crippen molar-refractivity contribution in [2.45, 2.75) is 44.7 Å². The Hall–Kier alpha value is -3.28. The highest BCUT2D eigenvalue weighted by molar-refractivity contribution is 5.92. The number of aromatic nitrogens is 1. The number of hydrogen-bond donors (Lipinski definition) is 0. The lowest BCUT2D eigenvalue weighted by molar-refractivity contribution is 0.0558. The van der Waals surface area contributed by atoms with E-state index in [9.17, 15) is 4.79 Å². The first-order chi connectivity index (χ1) is 14.6. The largest absolute Gasteiger partial charge is 0.454 e. The summed E-state index contributed by atoms with van der Waals surface area (Å²) < 4.78 is 16.2. The van der Waals surface area contributed by atoms with Gasteiger partial charge in [-0.05, 0) is 43.9 Å². The molecule has 0 aliphatic carbocycles. The van der Waals surface area contributed by atoms with Crippen LogP contribution >= 0.6 is 0 Å². The van der Waals surface area contributed by atoms with Gasteiger partial charge in [0, 0.05) is 18.5 Å². The van der Waals surface area contributed by atoms with Crippen LogP contribution in [-0.2, 0) is 6.42 Å². The molecule has 30 heavy (non-hydrogen) atoms. The minimum Gasteiger partial charge on any atom is -0.454 e. The highest BCUT2D eigenvalue weighted by Crippen LogP contribution is 2.33. The van der Waals surface area contributed by atoms with E-state index >= 15 is 0 Å². The topological polar surface area (TPSA) is 64.8 Å². The number of ether oxygens (including phenoxy) is 2. The average molecular weight is 406 g/mol. The van der Waals surface area contributed by atoms with Crippen LogP contribution in [0, 0.1) is 0 Å². The number of amides is 1. The number of benzene rings is 1. The molecule has 0 unspecified atom stereocenters. The van der Waals surface area contributed by atoms with Crippen LogP contribution in [0.15, 0.2) is 65.7 Å². The molecule has 1 aromatic carbocycles. The molecule has 2 aliphatic rings. The third kappa shape index (κ3) is 4.03. The minimum atomic E-state index is -0.151. The molecule has 2 aliphatic heterocycles. The maximum Gasteiger partial charge on any atom is 0.293 e. The van der Waals surface area contributed by atoms with Crippen LogP contribution in [0.3, 0.4) is 0 Å². The molecule has 0 radical (unpaired) electrons. The Morgan fingerprint density at radius 2 is 2.00 bits per heavy atom. The molecular formula is C24H26N2O4. The lowest BCUT2D eigenvalue weighted by Crippen LogP contribution is -2.48. The maximum absolute atomic E-state index is 13.4. The first-order valence-electron chi connectivity index (χ1n) is 10.1. The van der Waals surface area contributed by atoms with Crippen molar-refractivity contribution < 1.29 is 18.8 Å². The molecule has 1 amide bonds. The predicted octanol–water partition coefficient (Wildman–Crippen LogP) is 4.68. The summed E-state index contributed by atoms with van der Waals surface area (Å²) >= 11 is 0. The molecule has 4 rings (SSSR count). The molecule has 0 fully saturated rings. The van der Waals surface area contributed by atoms with Gasteiger partial charge < -0.3 is 18.9 Å². The van der Waals surface area contributed by atoms with Crippen LogP contribution in [0.4, 0.5) is 0 Å². The summed E-state index contributed by atoms with van der Waals surface area (Å²) in [4.78, 5) is 15.2. The van der Waals surface area contributed by atoms with Crippen LogP contribution in [0.5, 0.6) is 11.5 Å². The Labute approximate surface area is 176 Å². The quantitative estimate of drug-likeness (QED) is 0.625. The number of nitrogens with zero attached hydrogens (tertiary/aromatic N) is 2. The third-order valence-electron chi connectivity index (χ3n) is 5.46. The first-order valence-corrected chi connectivity index (χ1v) is 10.1. The van der Waals surface area contributed by atoms with Gasteiger partial charge in [0.15, 0.2) is 11.5 Å². The highest BCUT2D eigenvalue weighted by atomic mass is 16.7.